The molecule has 2 N–H and O–H groups in total. The molecule has 2 aliphatic rings. The van der Waals surface area contributed by atoms with Crippen molar-refractivity contribution >= 4 is 5.96 Å². The first kappa shape index (κ1) is 16.6. The van der Waals surface area contributed by atoms with Gasteiger partial charge < -0.3 is 15.5 Å². The van der Waals surface area contributed by atoms with Gasteiger partial charge in [0.2, 0.25) is 0 Å². The van der Waals surface area contributed by atoms with Gasteiger partial charge in [-0.2, -0.15) is 0 Å². The van der Waals surface area contributed by atoms with Crippen molar-refractivity contribution in [3.8, 4) is 0 Å². The van der Waals surface area contributed by atoms with Crippen molar-refractivity contribution in [3.63, 3.8) is 0 Å². The second kappa shape index (κ2) is 8.62. The molecule has 4 heteroatoms. The van der Waals surface area contributed by atoms with Crippen LogP contribution in [0.3, 0.4) is 0 Å². The van der Waals surface area contributed by atoms with Gasteiger partial charge in [-0.25, -0.2) is 0 Å². The molecule has 0 aromatic rings. The van der Waals surface area contributed by atoms with E-state index in [2.05, 4.69) is 27.4 Å². The van der Waals surface area contributed by atoms with Crippen LogP contribution in [0, 0.1) is 5.41 Å². The van der Waals surface area contributed by atoms with Gasteiger partial charge in [0.15, 0.2) is 5.96 Å². The predicted molar refractivity (Wildman–Crippen MR) is 90.8 cm³/mol. The fourth-order valence-corrected chi connectivity index (χ4v) is 3.50. The number of nitrogens with one attached hydrogen (secondary N) is 2. The van der Waals surface area contributed by atoms with E-state index in [1.807, 2.05) is 7.05 Å². The van der Waals surface area contributed by atoms with Crippen molar-refractivity contribution in [2.45, 2.75) is 58.3 Å². The Morgan fingerprint density at radius 3 is 2.43 bits per heavy atom. The van der Waals surface area contributed by atoms with E-state index in [-0.39, 0.29) is 0 Å². The molecule has 0 aromatic heterocycles. The van der Waals surface area contributed by atoms with Gasteiger partial charge in [-0.05, 0) is 70.0 Å². The van der Waals surface area contributed by atoms with Crippen molar-refractivity contribution < 1.29 is 0 Å². The Hall–Kier alpha value is -0.770. The van der Waals surface area contributed by atoms with Crippen molar-refractivity contribution in [1.82, 2.24) is 15.5 Å². The summed E-state index contributed by atoms with van der Waals surface area (Å²) in [7, 11) is 1.87. The van der Waals surface area contributed by atoms with Crippen LogP contribution < -0.4 is 10.6 Å². The lowest BCUT2D eigenvalue weighted by Gasteiger charge is -2.41. The molecule has 1 saturated carbocycles. The summed E-state index contributed by atoms with van der Waals surface area (Å²) in [6.07, 6.45) is 10.8. The Kier molecular flexibility index (Phi) is 6.81. The first-order valence-electron chi connectivity index (χ1n) is 8.95. The lowest BCUT2D eigenvalue weighted by Crippen LogP contribution is -2.46. The van der Waals surface area contributed by atoms with Crippen molar-refractivity contribution in [3.05, 3.63) is 0 Å². The van der Waals surface area contributed by atoms with Crippen LogP contribution in [0.1, 0.15) is 58.3 Å². The molecule has 0 atom stereocenters. The summed E-state index contributed by atoms with van der Waals surface area (Å²) in [4.78, 5) is 6.93. The molecule has 0 aromatic carbocycles. The van der Waals surface area contributed by atoms with Crippen molar-refractivity contribution in [1.29, 1.82) is 0 Å². The number of nitrogens with zero attached hydrogens (tertiary/aromatic N) is 2. The number of likely N-dealkylation sites (tertiary alicyclic amines) is 1. The maximum Gasteiger partial charge on any atom is 0.190 e. The average molecular weight is 294 g/mol. The molecule has 0 spiro atoms. The molecule has 2 fully saturated rings. The number of unbranched alkanes of at least 4 members (excludes halogenated alkanes) is 1. The second-order valence-corrected chi connectivity index (χ2v) is 6.82. The predicted octanol–water partition coefficient (Wildman–Crippen LogP) is 2.61. The Morgan fingerprint density at radius 2 is 1.86 bits per heavy atom. The summed E-state index contributed by atoms with van der Waals surface area (Å²) < 4.78 is 0. The number of rotatable bonds is 8. The van der Waals surface area contributed by atoms with Gasteiger partial charge >= 0.3 is 0 Å². The van der Waals surface area contributed by atoms with E-state index in [1.165, 1.54) is 71.0 Å². The highest BCUT2D eigenvalue weighted by molar-refractivity contribution is 5.79. The molecule has 1 heterocycles. The fraction of sp³-hybridized carbons (Fsp3) is 0.941. The summed E-state index contributed by atoms with van der Waals surface area (Å²) in [6.45, 7) is 8.33. The first-order valence-corrected chi connectivity index (χ1v) is 8.95. The average Bonchev–Trinajstić information content (AvgIpc) is 2.97. The Bertz CT molecular complexity index is 311. The Morgan fingerprint density at radius 1 is 1.10 bits per heavy atom. The number of hydrogen-bond acceptors (Lipinski definition) is 2. The zero-order chi connectivity index (χ0) is 15.0. The van der Waals surface area contributed by atoms with Crippen LogP contribution in [0.2, 0.25) is 0 Å². The van der Waals surface area contributed by atoms with Crippen LogP contribution >= 0.6 is 0 Å². The summed E-state index contributed by atoms with van der Waals surface area (Å²) in [6, 6.07) is 0. The van der Waals surface area contributed by atoms with Crippen LogP contribution in [0.4, 0.5) is 0 Å². The summed E-state index contributed by atoms with van der Waals surface area (Å²) in [5.74, 6) is 0.982. The molecular formula is C17H34N4. The highest BCUT2D eigenvalue weighted by Gasteiger charge is 2.34. The number of guanidine groups is 1. The van der Waals surface area contributed by atoms with Crippen LogP contribution in [0.25, 0.3) is 0 Å². The molecule has 4 nitrogen and oxygen atoms in total. The molecule has 21 heavy (non-hydrogen) atoms. The molecule has 122 valence electrons. The lowest BCUT2D eigenvalue weighted by atomic mass is 9.67. The normalized spacial score (nSPS) is 22.1. The topological polar surface area (TPSA) is 39.7 Å². The van der Waals surface area contributed by atoms with Crippen molar-refractivity contribution in [2.24, 2.45) is 10.4 Å². The van der Waals surface area contributed by atoms with Gasteiger partial charge in [-0.1, -0.05) is 13.3 Å². The second-order valence-electron chi connectivity index (χ2n) is 6.82. The minimum Gasteiger partial charge on any atom is -0.356 e. The maximum absolute atomic E-state index is 4.34. The van der Waals surface area contributed by atoms with E-state index in [4.69, 9.17) is 0 Å². The summed E-state index contributed by atoms with van der Waals surface area (Å²) in [5, 5.41) is 6.98. The van der Waals surface area contributed by atoms with Gasteiger partial charge in [0.25, 0.3) is 0 Å². The number of aliphatic imine (C=N–C) groups is 1. The minimum atomic E-state index is 0.549. The Balaban J connectivity index is 1.53. The molecule has 1 aliphatic carbocycles. The molecule has 2 rings (SSSR count). The molecule has 0 radical (unpaired) electrons. The van der Waals surface area contributed by atoms with E-state index in [0.29, 0.717) is 5.41 Å². The molecule has 0 unspecified atom stereocenters. The Labute approximate surface area is 130 Å². The monoisotopic (exact) mass is 294 g/mol. The zero-order valence-electron chi connectivity index (χ0n) is 14.1. The van der Waals surface area contributed by atoms with Gasteiger partial charge in [0, 0.05) is 20.1 Å². The van der Waals surface area contributed by atoms with Gasteiger partial charge in [-0.3, -0.25) is 4.99 Å². The van der Waals surface area contributed by atoms with Crippen molar-refractivity contribution in [2.75, 3.05) is 39.8 Å². The van der Waals surface area contributed by atoms with E-state index in [0.717, 1.165) is 19.0 Å². The molecule has 1 saturated heterocycles. The van der Waals surface area contributed by atoms with Crippen LogP contribution in [-0.4, -0.2) is 50.6 Å². The van der Waals surface area contributed by atoms with Crippen LogP contribution in [0.15, 0.2) is 4.99 Å². The maximum atomic E-state index is 4.34. The van der Waals surface area contributed by atoms with Crippen LogP contribution in [-0.2, 0) is 0 Å². The summed E-state index contributed by atoms with van der Waals surface area (Å²) >= 11 is 0. The molecule has 0 amide bonds. The summed E-state index contributed by atoms with van der Waals surface area (Å²) in [5.41, 5.74) is 0.549. The fourth-order valence-electron chi connectivity index (χ4n) is 3.50. The molecule has 0 bridgehead atoms. The highest BCUT2D eigenvalue weighted by atomic mass is 15.2. The standard InChI is InChI=1S/C17H34N4/c1-3-17(9-8-10-17)15-20-16(18-2)19-11-4-5-12-21-13-6-7-14-21/h3-15H2,1-2H3,(H2,18,19,20). The van der Waals surface area contributed by atoms with Crippen LogP contribution in [0.5, 0.6) is 0 Å². The van der Waals surface area contributed by atoms with Gasteiger partial charge in [0.1, 0.15) is 0 Å². The molecule has 1 aliphatic heterocycles. The third-order valence-corrected chi connectivity index (χ3v) is 5.41. The third kappa shape index (κ3) is 5.17. The van der Waals surface area contributed by atoms with Gasteiger partial charge in [0.05, 0.1) is 0 Å². The van der Waals surface area contributed by atoms with E-state index < -0.39 is 0 Å². The first-order chi connectivity index (χ1) is 10.3. The smallest absolute Gasteiger partial charge is 0.190 e. The number of hydrogen-bond donors (Lipinski definition) is 2. The highest BCUT2D eigenvalue weighted by Crippen LogP contribution is 2.42. The largest absolute Gasteiger partial charge is 0.356 e. The zero-order valence-corrected chi connectivity index (χ0v) is 14.1. The third-order valence-electron chi connectivity index (χ3n) is 5.41. The molecular weight excluding hydrogens is 260 g/mol. The SMILES string of the molecule is CCC1(CNC(=NC)NCCCCN2CCCC2)CCC1. The quantitative estimate of drug-likeness (QED) is 0.411. The van der Waals surface area contributed by atoms with E-state index in [9.17, 15) is 0 Å². The minimum absolute atomic E-state index is 0.549. The van der Waals surface area contributed by atoms with Gasteiger partial charge in [-0.15, -0.1) is 0 Å². The van der Waals surface area contributed by atoms with E-state index in [1.54, 1.807) is 0 Å². The lowest BCUT2D eigenvalue weighted by molar-refractivity contribution is 0.131. The van der Waals surface area contributed by atoms with E-state index >= 15 is 0 Å².